The molecule has 0 aliphatic carbocycles. The maximum Gasteiger partial charge on any atom is 0.404 e. The first-order valence-corrected chi connectivity index (χ1v) is 3.13. The fourth-order valence-corrected chi connectivity index (χ4v) is 0.750. The molecule has 0 aliphatic rings. The van der Waals surface area contributed by atoms with Crippen molar-refractivity contribution < 1.29 is 34.6 Å². The minimum Gasteiger partial charge on any atom is -1.00 e. The molecule has 0 aliphatic heterocycles. The molecule has 1 atom stereocenters. The maximum atomic E-state index is 10.5. The van der Waals surface area contributed by atoms with Gasteiger partial charge in [0.25, 0.3) is 0 Å². The Morgan fingerprint density at radius 1 is 1.75 bits per heavy atom. The van der Waals surface area contributed by atoms with Gasteiger partial charge in [0.15, 0.2) is 0 Å². The van der Waals surface area contributed by atoms with E-state index < -0.39 is 30.6 Å². The lowest BCUT2D eigenvalue weighted by atomic mass is 10.3. The van der Waals surface area contributed by atoms with Crippen LogP contribution < -0.4 is 18.1 Å². The van der Waals surface area contributed by atoms with Gasteiger partial charge < -0.3 is 27.4 Å². The van der Waals surface area contributed by atoms with Gasteiger partial charge in [-0.3, -0.25) is 0 Å². The van der Waals surface area contributed by atoms with Gasteiger partial charge in [-0.1, -0.05) is 0 Å². The van der Waals surface area contributed by atoms with E-state index in [2.05, 4.69) is 4.74 Å². The first-order valence-electron chi connectivity index (χ1n) is 6.13. The number of ether oxygens (including phenoxy) is 1. The Hall–Kier alpha value is -0.480. The van der Waals surface area contributed by atoms with Crippen molar-refractivity contribution >= 4 is 6.09 Å². The fraction of sp³-hybridized carbons (Fsp3) is 0.857. The zero-order chi connectivity index (χ0) is 14.1. The molecule has 0 bridgehead atoms. The number of primary amides is 1. The summed E-state index contributed by atoms with van der Waals surface area (Å²) in [7, 11) is 1.07. The summed E-state index contributed by atoms with van der Waals surface area (Å²) in [5.74, 6) is 0. The van der Waals surface area contributed by atoms with Crippen LogP contribution in [0.1, 0.15) is 15.1 Å². The lowest BCUT2D eigenvalue weighted by molar-refractivity contribution is -0.873. The van der Waals surface area contributed by atoms with Gasteiger partial charge >= 0.3 is 6.09 Å². The molecule has 1 amide bonds. The second-order valence-electron chi connectivity index (χ2n) is 2.62. The fourth-order valence-electron chi connectivity index (χ4n) is 0.750. The summed E-state index contributed by atoms with van der Waals surface area (Å²) in [6.45, 7) is -4.49. The largest absolute Gasteiger partial charge is 1.00 e. The molecule has 4 nitrogen and oxygen atoms in total. The molecular formula is C7H17ClN2O2. The third-order valence-corrected chi connectivity index (χ3v) is 0.940. The lowest BCUT2D eigenvalue weighted by Gasteiger charge is -2.26. The van der Waals surface area contributed by atoms with Gasteiger partial charge in [-0.05, 0) is 6.92 Å². The summed E-state index contributed by atoms with van der Waals surface area (Å²) in [5, 5.41) is 0. The van der Waals surface area contributed by atoms with Crippen molar-refractivity contribution in [1.29, 1.82) is 0 Å². The highest BCUT2D eigenvalue weighted by molar-refractivity contribution is 5.64. The summed E-state index contributed by atoms with van der Waals surface area (Å²) in [6, 6.07) is 0. The third kappa shape index (κ3) is 9.52. The summed E-state index contributed by atoms with van der Waals surface area (Å²) in [4.78, 5) is 10.5. The molecule has 0 aromatic carbocycles. The molecule has 0 fully saturated rings. The molecule has 74 valence electrons. The Morgan fingerprint density at radius 3 is 2.58 bits per heavy atom. The summed E-state index contributed by atoms with van der Waals surface area (Å²) >= 11 is 0. The van der Waals surface area contributed by atoms with Crippen molar-refractivity contribution in [2.45, 2.75) is 13.0 Å². The Morgan fingerprint density at radius 2 is 2.25 bits per heavy atom. The second kappa shape index (κ2) is 5.22. The van der Waals surface area contributed by atoms with Crippen LogP contribution in [0.2, 0.25) is 0 Å². The topological polar surface area (TPSA) is 52.3 Å². The molecule has 5 heteroatoms. The zero-order valence-electron chi connectivity index (χ0n) is 13.0. The number of quaternary nitrogens is 1. The van der Waals surface area contributed by atoms with Gasteiger partial charge in [-0.25, -0.2) is 4.79 Å². The van der Waals surface area contributed by atoms with Gasteiger partial charge in [0.05, 0.1) is 29.2 Å². The Bertz CT molecular complexity index is 279. The van der Waals surface area contributed by atoms with Gasteiger partial charge in [0.1, 0.15) is 12.6 Å². The van der Waals surface area contributed by atoms with Crippen LogP contribution in [0.4, 0.5) is 4.79 Å². The van der Waals surface area contributed by atoms with Crippen LogP contribution in [-0.2, 0) is 4.74 Å². The highest BCUT2D eigenvalue weighted by atomic mass is 35.5. The van der Waals surface area contributed by atoms with Gasteiger partial charge in [0, 0.05) is 0 Å². The number of likely N-dealkylation sites (N-methyl/N-ethyl adjacent to an activating group) is 1. The normalized spacial score (nSPS) is 22.5. The average Bonchev–Trinajstić information content (AvgIpc) is 1.97. The van der Waals surface area contributed by atoms with E-state index >= 15 is 0 Å². The first kappa shape index (κ1) is 5.29. The van der Waals surface area contributed by atoms with E-state index in [9.17, 15) is 4.79 Å². The van der Waals surface area contributed by atoms with Crippen molar-refractivity contribution in [3.05, 3.63) is 0 Å². The Kier molecular flexibility index (Phi) is 2.30. The molecule has 0 saturated heterocycles. The molecule has 0 heterocycles. The number of carbonyl (C=O) groups is 1. The average molecular weight is 203 g/mol. The number of nitrogens with zero attached hydrogens (tertiary/aromatic N) is 1. The van der Waals surface area contributed by atoms with Gasteiger partial charge in [0.2, 0.25) is 0 Å². The van der Waals surface area contributed by atoms with Crippen LogP contribution in [0.5, 0.6) is 0 Å². The standard InChI is InChI=1S/C7H16N2O2.ClH/c1-6(11-7(8)10)5-9(2,3)4;/h6H,5H2,1-4H3,(H-,8,10);1H/i2D3,3D3;. The van der Waals surface area contributed by atoms with E-state index in [0.717, 1.165) is 7.05 Å². The number of hydrogen-bond donors (Lipinski definition) is 1. The molecule has 0 radical (unpaired) electrons. The number of amides is 1. The molecule has 0 saturated carbocycles. The van der Waals surface area contributed by atoms with Crippen molar-refractivity contribution in [2.24, 2.45) is 5.73 Å². The van der Waals surface area contributed by atoms with Gasteiger partial charge in [-0.2, -0.15) is 0 Å². The molecule has 2 N–H and O–H groups in total. The van der Waals surface area contributed by atoms with Crippen molar-refractivity contribution in [2.75, 3.05) is 27.5 Å². The lowest BCUT2D eigenvalue weighted by Crippen LogP contribution is -3.00. The summed E-state index contributed by atoms with van der Waals surface area (Å²) < 4.78 is 47.1. The zero-order valence-corrected chi connectivity index (χ0v) is 7.76. The molecule has 0 aromatic heterocycles. The van der Waals surface area contributed by atoms with Crippen LogP contribution in [0, 0.1) is 0 Å². The second-order valence-corrected chi connectivity index (χ2v) is 2.62. The van der Waals surface area contributed by atoms with Crippen LogP contribution in [0.15, 0.2) is 0 Å². The minimum atomic E-state index is -2.75. The number of nitrogens with two attached hydrogens (primary N) is 1. The molecule has 1 unspecified atom stereocenters. The van der Waals surface area contributed by atoms with Crippen LogP contribution in [0.25, 0.3) is 0 Å². The first-order chi connectivity index (χ1) is 7.31. The number of carbonyl (C=O) groups excluding carboxylic acids is 1. The van der Waals surface area contributed by atoms with Crippen LogP contribution in [0.3, 0.4) is 0 Å². The molecule has 0 spiro atoms. The van der Waals surface area contributed by atoms with E-state index in [4.69, 9.17) is 14.0 Å². The minimum absolute atomic E-state index is 0. The summed E-state index contributed by atoms with van der Waals surface area (Å²) in [6.07, 6.45) is -1.97. The number of hydrogen-bond acceptors (Lipinski definition) is 2. The van der Waals surface area contributed by atoms with E-state index in [1.165, 1.54) is 6.92 Å². The van der Waals surface area contributed by atoms with Gasteiger partial charge in [-0.15, -0.1) is 0 Å². The van der Waals surface area contributed by atoms with Crippen molar-refractivity contribution in [3.63, 3.8) is 0 Å². The van der Waals surface area contributed by atoms with E-state index in [0.29, 0.717) is 0 Å². The summed E-state index contributed by atoms with van der Waals surface area (Å²) in [5.41, 5.74) is 4.78. The van der Waals surface area contributed by atoms with Crippen LogP contribution in [-0.4, -0.2) is 44.2 Å². The quantitative estimate of drug-likeness (QED) is 0.502. The monoisotopic (exact) mass is 202 g/mol. The molecule has 12 heavy (non-hydrogen) atoms. The Labute approximate surface area is 88.1 Å². The Balaban J connectivity index is 0. The smallest absolute Gasteiger partial charge is 0.404 e. The number of rotatable bonds is 3. The molecule has 0 aromatic rings. The van der Waals surface area contributed by atoms with Crippen LogP contribution >= 0.6 is 0 Å². The van der Waals surface area contributed by atoms with Crippen molar-refractivity contribution in [3.8, 4) is 0 Å². The highest BCUT2D eigenvalue weighted by Gasteiger charge is 2.15. The third-order valence-electron chi connectivity index (χ3n) is 0.940. The predicted molar refractivity (Wildman–Crippen MR) is 43.0 cm³/mol. The number of halogens is 1. The molecule has 0 rings (SSSR count). The SMILES string of the molecule is [2H]C([2H])([2H])[N+](C)(CC(C)OC(N)=O)C([2H])([2H])[2H].[Cl-]. The van der Waals surface area contributed by atoms with Crippen molar-refractivity contribution in [1.82, 2.24) is 0 Å². The highest BCUT2D eigenvalue weighted by Crippen LogP contribution is 1.97. The predicted octanol–water partition coefficient (Wildman–Crippen LogP) is -2.82. The van der Waals surface area contributed by atoms with E-state index in [1.54, 1.807) is 0 Å². The maximum absolute atomic E-state index is 10.5. The molecular weight excluding hydrogens is 180 g/mol. The van der Waals surface area contributed by atoms with E-state index in [1.807, 2.05) is 0 Å². The van der Waals surface area contributed by atoms with E-state index in [-0.39, 0.29) is 19.0 Å².